The molecule has 1 unspecified atom stereocenters. The molecular weight excluding hydrogens is 276 g/mol. The molecule has 5 nitrogen and oxygen atoms in total. The average molecular weight is 296 g/mol. The summed E-state index contributed by atoms with van der Waals surface area (Å²) in [6, 6.07) is 3.71. The summed E-state index contributed by atoms with van der Waals surface area (Å²) >= 11 is 1.69. The van der Waals surface area contributed by atoms with Gasteiger partial charge in [0.25, 0.3) is 0 Å². The van der Waals surface area contributed by atoms with Crippen LogP contribution in [0.2, 0.25) is 0 Å². The number of rotatable bonds is 3. The molecule has 1 atom stereocenters. The first-order valence-corrected chi connectivity index (χ1v) is 7.49. The molecule has 0 N–H and O–H groups in total. The molecule has 0 radical (unpaired) electrons. The molecule has 6 heteroatoms. The summed E-state index contributed by atoms with van der Waals surface area (Å²) in [5, 5.41) is 0. The van der Waals surface area contributed by atoms with Gasteiger partial charge in [0.2, 0.25) is 5.91 Å². The maximum Gasteiger partial charge on any atom is 0.410 e. The zero-order valence-corrected chi connectivity index (χ0v) is 12.9. The molecule has 0 aromatic carbocycles. The summed E-state index contributed by atoms with van der Waals surface area (Å²) in [5.41, 5.74) is 0. The molecule has 0 aliphatic carbocycles. The van der Waals surface area contributed by atoms with Gasteiger partial charge >= 0.3 is 6.09 Å². The van der Waals surface area contributed by atoms with Gasteiger partial charge in [0, 0.05) is 23.3 Å². The third-order valence-electron chi connectivity index (χ3n) is 3.51. The number of hydrogen-bond acceptors (Lipinski definition) is 4. The van der Waals surface area contributed by atoms with E-state index in [1.807, 2.05) is 13.0 Å². The van der Waals surface area contributed by atoms with E-state index in [4.69, 9.17) is 4.74 Å². The average Bonchev–Trinajstić information content (AvgIpc) is 3.06. The number of likely N-dealkylation sites (tertiary alicyclic amines) is 1. The first kappa shape index (κ1) is 14.8. The van der Waals surface area contributed by atoms with Crippen molar-refractivity contribution in [3.63, 3.8) is 0 Å². The Bertz CT molecular complexity index is 500. The number of thiophene rings is 1. The first-order valence-electron chi connectivity index (χ1n) is 6.68. The Morgan fingerprint density at radius 3 is 2.85 bits per heavy atom. The number of carbonyl (C=O) groups is 2. The second kappa shape index (κ2) is 6.26. The highest BCUT2D eigenvalue weighted by Crippen LogP contribution is 2.22. The second-order valence-corrected chi connectivity index (χ2v) is 6.40. The molecule has 1 aromatic rings. The van der Waals surface area contributed by atoms with Crippen LogP contribution in [0.3, 0.4) is 0 Å². The van der Waals surface area contributed by atoms with E-state index in [-0.39, 0.29) is 11.9 Å². The smallest absolute Gasteiger partial charge is 0.410 e. The van der Waals surface area contributed by atoms with Crippen molar-refractivity contribution in [2.75, 3.05) is 20.7 Å². The van der Waals surface area contributed by atoms with E-state index >= 15 is 0 Å². The minimum Gasteiger partial charge on any atom is -0.453 e. The van der Waals surface area contributed by atoms with Crippen LogP contribution in [-0.4, -0.2) is 48.5 Å². The van der Waals surface area contributed by atoms with E-state index in [1.54, 1.807) is 23.3 Å². The Kier molecular flexibility index (Phi) is 4.65. The van der Waals surface area contributed by atoms with Crippen molar-refractivity contribution in [2.24, 2.45) is 0 Å². The van der Waals surface area contributed by atoms with Crippen LogP contribution in [0, 0.1) is 6.92 Å². The third kappa shape index (κ3) is 3.12. The van der Waals surface area contributed by atoms with E-state index in [0.29, 0.717) is 19.5 Å². The number of ether oxygens (including phenoxy) is 1. The molecule has 1 saturated heterocycles. The van der Waals surface area contributed by atoms with Gasteiger partial charge in [0.15, 0.2) is 0 Å². The summed E-state index contributed by atoms with van der Waals surface area (Å²) in [4.78, 5) is 29.7. The predicted octanol–water partition coefficient (Wildman–Crippen LogP) is 2.25. The van der Waals surface area contributed by atoms with E-state index in [0.717, 1.165) is 11.3 Å². The molecule has 2 heterocycles. The molecule has 110 valence electrons. The predicted molar refractivity (Wildman–Crippen MR) is 77.7 cm³/mol. The van der Waals surface area contributed by atoms with Crippen molar-refractivity contribution in [3.8, 4) is 0 Å². The SMILES string of the molecule is COC(=O)N1CCCC1C(=O)N(C)Cc1ccc(C)s1. The minimum atomic E-state index is -0.416. The van der Waals surface area contributed by atoms with Gasteiger partial charge in [-0.1, -0.05) is 0 Å². The second-order valence-electron chi connectivity index (χ2n) is 5.03. The maximum absolute atomic E-state index is 12.5. The molecule has 2 rings (SSSR count). The fourth-order valence-corrected chi connectivity index (χ4v) is 3.44. The standard InChI is InChI=1S/C14H20N2O3S/c1-10-6-7-11(20-10)9-15(2)13(17)12-5-4-8-16(12)14(18)19-3/h6-7,12H,4-5,8-9H2,1-3H3. The van der Waals surface area contributed by atoms with Crippen molar-refractivity contribution in [3.05, 3.63) is 21.9 Å². The van der Waals surface area contributed by atoms with E-state index in [9.17, 15) is 9.59 Å². The molecule has 0 bridgehead atoms. The molecule has 0 spiro atoms. The van der Waals surface area contributed by atoms with Crippen LogP contribution in [0.5, 0.6) is 0 Å². The Morgan fingerprint density at radius 2 is 2.25 bits per heavy atom. The molecule has 2 amide bonds. The third-order valence-corrected chi connectivity index (χ3v) is 4.50. The van der Waals surface area contributed by atoms with Gasteiger partial charge in [-0.05, 0) is 31.9 Å². The summed E-state index contributed by atoms with van der Waals surface area (Å²) in [7, 11) is 3.13. The molecule has 1 aliphatic heterocycles. The topological polar surface area (TPSA) is 49.9 Å². The van der Waals surface area contributed by atoms with Crippen LogP contribution in [0.1, 0.15) is 22.6 Å². The summed E-state index contributed by atoms with van der Waals surface area (Å²) in [6.07, 6.45) is 1.14. The van der Waals surface area contributed by atoms with Gasteiger partial charge in [-0.25, -0.2) is 4.79 Å². The number of methoxy groups -OCH3 is 1. The van der Waals surface area contributed by atoms with Gasteiger partial charge < -0.3 is 9.64 Å². The first-order chi connectivity index (χ1) is 9.52. The Labute approximate surface area is 123 Å². The van der Waals surface area contributed by atoms with Crippen molar-refractivity contribution in [2.45, 2.75) is 32.4 Å². The highest BCUT2D eigenvalue weighted by atomic mass is 32.1. The number of hydrogen-bond donors (Lipinski definition) is 0. The molecule has 1 aliphatic rings. The van der Waals surface area contributed by atoms with Gasteiger partial charge in [0.1, 0.15) is 6.04 Å². The fourth-order valence-electron chi connectivity index (χ4n) is 2.50. The Balaban J connectivity index is 2.00. The number of aryl methyl sites for hydroxylation is 1. The van der Waals surface area contributed by atoms with Crippen molar-refractivity contribution < 1.29 is 14.3 Å². The lowest BCUT2D eigenvalue weighted by Crippen LogP contribution is -2.46. The van der Waals surface area contributed by atoms with Crippen LogP contribution in [0.25, 0.3) is 0 Å². The number of amides is 2. The van der Waals surface area contributed by atoms with Crippen LogP contribution in [0.4, 0.5) is 4.79 Å². The Hall–Kier alpha value is -1.56. The largest absolute Gasteiger partial charge is 0.453 e. The monoisotopic (exact) mass is 296 g/mol. The summed E-state index contributed by atoms with van der Waals surface area (Å²) in [5.74, 6) is -0.0149. The molecular formula is C14H20N2O3S. The lowest BCUT2D eigenvalue weighted by atomic mass is 10.2. The van der Waals surface area contributed by atoms with Gasteiger partial charge in [-0.2, -0.15) is 0 Å². The van der Waals surface area contributed by atoms with Crippen molar-refractivity contribution >= 4 is 23.3 Å². The van der Waals surface area contributed by atoms with Crippen molar-refractivity contribution in [1.29, 1.82) is 0 Å². The van der Waals surface area contributed by atoms with Crippen LogP contribution in [0.15, 0.2) is 12.1 Å². The fraction of sp³-hybridized carbons (Fsp3) is 0.571. The highest BCUT2D eigenvalue weighted by Gasteiger charge is 2.36. The van der Waals surface area contributed by atoms with E-state index in [1.165, 1.54) is 16.9 Å². The molecule has 1 aromatic heterocycles. The van der Waals surface area contributed by atoms with Crippen LogP contribution < -0.4 is 0 Å². The van der Waals surface area contributed by atoms with Crippen molar-refractivity contribution in [1.82, 2.24) is 9.80 Å². The van der Waals surface area contributed by atoms with Crippen LogP contribution >= 0.6 is 11.3 Å². The van der Waals surface area contributed by atoms with Gasteiger partial charge in [-0.3, -0.25) is 9.69 Å². The summed E-state index contributed by atoms with van der Waals surface area (Å²) < 4.78 is 4.73. The zero-order chi connectivity index (χ0) is 14.7. The maximum atomic E-state index is 12.5. The van der Waals surface area contributed by atoms with E-state index in [2.05, 4.69) is 6.07 Å². The number of nitrogens with zero attached hydrogens (tertiary/aromatic N) is 2. The normalized spacial score (nSPS) is 18.1. The quantitative estimate of drug-likeness (QED) is 0.859. The number of carbonyl (C=O) groups excluding carboxylic acids is 2. The lowest BCUT2D eigenvalue weighted by Gasteiger charge is -2.26. The molecule has 0 saturated carbocycles. The van der Waals surface area contributed by atoms with E-state index < -0.39 is 6.09 Å². The minimum absolute atomic E-state index is 0.0149. The lowest BCUT2D eigenvalue weighted by molar-refractivity contribution is -0.134. The van der Waals surface area contributed by atoms with Gasteiger partial charge in [0.05, 0.1) is 13.7 Å². The molecule has 20 heavy (non-hydrogen) atoms. The highest BCUT2D eigenvalue weighted by molar-refractivity contribution is 7.11. The zero-order valence-electron chi connectivity index (χ0n) is 12.1. The van der Waals surface area contributed by atoms with Crippen LogP contribution in [-0.2, 0) is 16.1 Å². The summed E-state index contributed by atoms with van der Waals surface area (Å²) in [6.45, 7) is 3.23. The number of likely N-dealkylation sites (N-methyl/N-ethyl adjacent to an activating group) is 1. The molecule has 1 fully saturated rings. The Morgan fingerprint density at radius 1 is 1.50 bits per heavy atom. The van der Waals surface area contributed by atoms with Gasteiger partial charge in [-0.15, -0.1) is 11.3 Å².